The third-order valence-electron chi connectivity index (χ3n) is 4.76. The molecule has 2 rings (SSSR count). The van der Waals surface area contributed by atoms with Crippen molar-refractivity contribution >= 4 is 11.9 Å². The second-order valence-electron chi connectivity index (χ2n) is 6.53. The van der Waals surface area contributed by atoms with Crippen LogP contribution in [-0.4, -0.2) is 31.1 Å². The zero-order valence-electron chi connectivity index (χ0n) is 14.7. The lowest BCUT2D eigenvalue weighted by molar-refractivity contribution is -0.150. The highest BCUT2D eigenvalue weighted by Gasteiger charge is 2.28. The van der Waals surface area contributed by atoms with E-state index in [1.54, 1.807) is 24.3 Å². The molecule has 1 fully saturated rings. The topological polar surface area (TPSA) is 88.4 Å². The van der Waals surface area contributed by atoms with Crippen molar-refractivity contribution in [3.63, 3.8) is 0 Å². The Labute approximate surface area is 148 Å². The highest BCUT2D eigenvalue weighted by Crippen LogP contribution is 2.29. The first-order chi connectivity index (χ1) is 12.0. The number of rotatable bonds is 6. The van der Waals surface area contributed by atoms with Crippen LogP contribution in [0.15, 0.2) is 24.3 Å². The maximum Gasteiger partial charge on any atom is 0.344 e. The molecule has 0 bridgehead atoms. The second kappa shape index (κ2) is 9.07. The summed E-state index contributed by atoms with van der Waals surface area (Å²) in [6.07, 6.45) is 3.26. The zero-order valence-corrected chi connectivity index (χ0v) is 14.7. The number of benzene rings is 1. The molecule has 1 N–H and O–H groups in total. The Morgan fingerprint density at radius 3 is 2.60 bits per heavy atom. The van der Waals surface area contributed by atoms with Crippen molar-refractivity contribution in [1.29, 1.82) is 5.26 Å². The number of nitrogens with one attached hydrogen (secondary N) is 1. The van der Waals surface area contributed by atoms with E-state index in [-0.39, 0.29) is 25.2 Å². The van der Waals surface area contributed by atoms with Gasteiger partial charge in [-0.05, 0) is 42.5 Å². The number of amides is 1. The number of carbonyl (C=O) groups is 2. The third kappa shape index (κ3) is 5.79. The van der Waals surface area contributed by atoms with Crippen molar-refractivity contribution in [3.8, 4) is 11.8 Å². The first-order valence-corrected chi connectivity index (χ1v) is 8.57. The van der Waals surface area contributed by atoms with Crippen molar-refractivity contribution < 1.29 is 19.1 Å². The fourth-order valence-corrected chi connectivity index (χ4v) is 2.99. The molecular weight excluding hydrogens is 320 g/mol. The number of ether oxygens (including phenoxy) is 2. The largest absolute Gasteiger partial charge is 0.482 e. The van der Waals surface area contributed by atoms with Crippen LogP contribution in [0.2, 0.25) is 0 Å². The van der Waals surface area contributed by atoms with Crippen LogP contribution in [0.5, 0.6) is 5.75 Å². The average molecular weight is 344 g/mol. The summed E-state index contributed by atoms with van der Waals surface area (Å²) in [7, 11) is 0. The van der Waals surface area contributed by atoms with Gasteiger partial charge in [0.2, 0.25) is 0 Å². The summed E-state index contributed by atoms with van der Waals surface area (Å²) in [5.74, 6) is 0.586. The average Bonchev–Trinajstić information content (AvgIpc) is 2.62. The minimum absolute atomic E-state index is 0.143. The minimum Gasteiger partial charge on any atom is -0.482 e. The molecule has 25 heavy (non-hydrogen) atoms. The van der Waals surface area contributed by atoms with Gasteiger partial charge in [0.1, 0.15) is 5.75 Å². The van der Waals surface area contributed by atoms with E-state index in [4.69, 9.17) is 14.7 Å². The van der Waals surface area contributed by atoms with Gasteiger partial charge in [-0.2, -0.15) is 5.26 Å². The molecule has 1 saturated carbocycles. The van der Waals surface area contributed by atoms with E-state index < -0.39 is 5.97 Å². The Balaban J connectivity index is 1.68. The van der Waals surface area contributed by atoms with Crippen molar-refractivity contribution in [2.75, 3.05) is 13.2 Å². The molecule has 0 aromatic heterocycles. The van der Waals surface area contributed by atoms with Crippen LogP contribution in [-0.2, 0) is 14.3 Å². The van der Waals surface area contributed by atoms with E-state index in [0.29, 0.717) is 23.1 Å². The van der Waals surface area contributed by atoms with Crippen LogP contribution in [0.3, 0.4) is 0 Å². The van der Waals surface area contributed by atoms with E-state index in [9.17, 15) is 9.59 Å². The fraction of sp³-hybridized carbons (Fsp3) is 0.526. The molecular formula is C19H24N2O4. The first kappa shape index (κ1) is 18.8. The van der Waals surface area contributed by atoms with Gasteiger partial charge in [-0.3, -0.25) is 4.79 Å². The smallest absolute Gasteiger partial charge is 0.344 e. The van der Waals surface area contributed by atoms with Crippen LogP contribution in [0.25, 0.3) is 0 Å². The molecule has 1 aromatic carbocycles. The van der Waals surface area contributed by atoms with E-state index in [2.05, 4.69) is 19.2 Å². The summed E-state index contributed by atoms with van der Waals surface area (Å²) >= 11 is 0. The molecule has 0 radical (unpaired) electrons. The predicted octanol–water partition coefficient (Wildman–Crippen LogP) is 2.42. The monoisotopic (exact) mass is 344 g/mol. The van der Waals surface area contributed by atoms with Crippen molar-refractivity contribution in [1.82, 2.24) is 5.32 Å². The molecule has 3 atom stereocenters. The summed E-state index contributed by atoms with van der Waals surface area (Å²) in [5.41, 5.74) is 0.512. The van der Waals surface area contributed by atoms with Crippen LogP contribution in [0, 0.1) is 23.2 Å². The number of carbonyl (C=O) groups excluding carboxylic acids is 2. The summed E-state index contributed by atoms with van der Waals surface area (Å²) in [4.78, 5) is 23.6. The summed E-state index contributed by atoms with van der Waals surface area (Å²) in [6, 6.07) is 8.54. The standard InChI is InChI=1S/C19H24N2O4/c1-13-4-3-5-17(14(13)2)21-18(22)11-25-19(23)12-24-16-8-6-15(10-20)7-9-16/h6-9,13-14,17H,3-5,11-12H2,1-2H3,(H,21,22)/t13-,14+,17-/m0/s1. The normalized spacial score (nSPS) is 22.5. The number of hydrogen-bond acceptors (Lipinski definition) is 5. The van der Waals surface area contributed by atoms with Gasteiger partial charge in [-0.25, -0.2) is 4.79 Å². The van der Waals surface area contributed by atoms with Gasteiger partial charge < -0.3 is 14.8 Å². The fourth-order valence-electron chi connectivity index (χ4n) is 2.99. The van der Waals surface area contributed by atoms with Crippen molar-refractivity contribution in [2.45, 2.75) is 39.2 Å². The van der Waals surface area contributed by atoms with Gasteiger partial charge in [0.25, 0.3) is 5.91 Å². The molecule has 0 unspecified atom stereocenters. The predicted molar refractivity (Wildman–Crippen MR) is 91.7 cm³/mol. The molecule has 1 aromatic rings. The molecule has 1 amide bonds. The molecule has 1 aliphatic rings. The van der Waals surface area contributed by atoms with E-state index >= 15 is 0 Å². The summed E-state index contributed by atoms with van der Waals surface area (Å²) in [5, 5.41) is 11.7. The first-order valence-electron chi connectivity index (χ1n) is 8.57. The van der Waals surface area contributed by atoms with Gasteiger partial charge in [0.15, 0.2) is 13.2 Å². The summed E-state index contributed by atoms with van der Waals surface area (Å²) < 4.78 is 10.2. The maximum absolute atomic E-state index is 12.0. The van der Waals surface area contributed by atoms with Crippen LogP contribution < -0.4 is 10.1 Å². The number of nitriles is 1. The maximum atomic E-state index is 12.0. The van der Waals surface area contributed by atoms with Gasteiger partial charge in [-0.1, -0.05) is 26.7 Å². The highest BCUT2D eigenvalue weighted by molar-refractivity contribution is 5.81. The second-order valence-corrected chi connectivity index (χ2v) is 6.53. The lowest BCUT2D eigenvalue weighted by atomic mass is 9.78. The minimum atomic E-state index is -0.607. The van der Waals surface area contributed by atoms with Crippen LogP contribution in [0.4, 0.5) is 0 Å². The van der Waals surface area contributed by atoms with E-state index in [1.807, 2.05) is 6.07 Å². The quantitative estimate of drug-likeness (QED) is 0.801. The van der Waals surface area contributed by atoms with E-state index in [1.165, 1.54) is 6.42 Å². The van der Waals surface area contributed by atoms with Crippen molar-refractivity contribution in [2.24, 2.45) is 11.8 Å². The van der Waals surface area contributed by atoms with E-state index in [0.717, 1.165) is 12.8 Å². The van der Waals surface area contributed by atoms with Gasteiger partial charge in [0, 0.05) is 6.04 Å². The van der Waals surface area contributed by atoms with Gasteiger partial charge >= 0.3 is 5.97 Å². The molecule has 6 heteroatoms. The molecule has 0 aliphatic heterocycles. The van der Waals surface area contributed by atoms with Crippen LogP contribution >= 0.6 is 0 Å². The molecule has 0 heterocycles. The Morgan fingerprint density at radius 1 is 1.20 bits per heavy atom. The Kier molecular flexibility index (Phi) is 6.81. The molecule has 0 saturated heterocycles. The lowest BCUT2D eigenvalue weighted by Crippen LogP contribution is -2.45. The highest BCUT2D eigenvalue weighted by atomic mass is 16.6. The van der Waals surface area contributed by atoms with Gasteiger partial charge in [-0.15, -0.1) is 0 Å². The SMILES string of the molecule is C[C@H]1[C@@H](NC(=O)COC(=O)COc2ccc(C#N)cc2)CCC[C@@H]1C. The van der Waals surface area contributed by atoms with Crippen molar-refractivity contribution in [3.05, 3.63) is 29.8 Å². The molecule has 1 aliphatic carbocycles. The lowest BCUT2D eigenvalue weighted by Gasteiger charge is -2.34. The molecule has 6 nitrogen and oxygen atoms in total. The van der Waals surface area contributed by atoms with Gasteiger partial charge in [0.05, 0.1) is 11.6 Å². The third-order valence-corrected chi connectivity index (χ3v) is 4.76. The Bertz CT molecular complexity index is 636. The Morgan fingerprint density at radius 2 is 1.92 bits per heavy atom. The zero-order chi connectivity index (χ0) is 18.2. The molecule has 0 spiro atoms. The molecule has 134 valence electrons. The number of hydrogen-bond donors (Lipinski definition) is 1. The number of esters is 1. The number of nitrogens with zero attached hydrogens (tertiary/aromatic N) is 1. The van der Waals surface area contributed by atoms with Crippen LogP contribution in [0.1, 0.15) is 38.7 Å². The Hall–Kier alpha value is -2.55. The summed E-state index contributed by atoms with van der Waals surface area (Å²) in [6.45, 7) is 3.76.